The summed E-state index contributed by atoms with van der Waals surface area (Å²) in [6, 6.07) is 37.4. The van der Waals surface area contributed by atoms with Gasteiger partial charge in [-0.15, -0.1) is 0 Å². The van der Waals surface area contributed by atoms with Gasteiger partial charge in [0, 0.05) is 21.9 Å². The Labute approximate surface area is 187 Å². The third kappa shape index (κ3) is 3.72. The Kier molecular flexibility index (Phi) is 5.35. The van der Waals surface area contributed by atoms with E-state index in [-0.39, 0.29) is 0 Å². The lowest BCUT2D eigenvalue weighted by Gasteiger charge is -2.04. The molecular weight excluding hydrogens is 392 g/mol. The lowest BCUT2D eigenvalue weighted by Crippen LogP contribution is -1.80. The van der Waals surface area contributed by atoms with Crippen molar-refractivity contribution in [1.29, 1.82) is 0 Å². The summed E-state index contributed by atoms with van der Waals surface area (Å²) in [5.74, 6) is 1.78. The van der Waals surface area contributed by atoms with E-state index in [2.05, 4.69) is 72.8 Å². The molecule has 6 rings (SSSR count). The van der Waals surface area contributed by atoms with E-state index in [1.54, 1.807) is 0 Å². The number of rotatable bonds is 3. The van der Waals surface area contributed by atoms with Crippen molar-refractivity contribution in [3.63, 3.8) is 0 Å². The number of hydrogen-bond acceptors (Lipinski definition) is 2. The lowest BCUT2D eigenvalue weighted by molar-refractivity contribution is 0.631. The molecule has 0 bridgehead atoms. The highest BCUT2D eigenvalue weighted by Gasteiger charge is 2.08. The maximum atomic E-state index is 5.98. The van der Waals surface area contributed by atoms with Crippen molar-refractivity contribution in [2.24, 2.45) is 0 Å². The first-order valence-corrected chi connectivity index (χ1v) is 11.0. The van der Waals surface area contributed by atoms with E-state index in [4.69, 9.17) is 8.83 Å². The molecule has 0 saturated carbocycles. The maximum Gasteiger partial charge on any atom is 0.135 e. The SMILES string of the molecule is CC.c1ccc2oc(-c3ccc(-c4ccc(-c5cc6ccccc6o5)cc4)cc3)cc2c1. The highest BCUT2D eigenvalue weighted by atomic mass is 16.3. The number of fused-ring (bicyclic) bond motifs is 2. The third-order valence-electron chi connectivity index (χ3n) is 5.52. The lowest BCUT2D eigenvalue weighted by atomic mass is 10.0. The zero-order valence-electron chi connectivity index (χ0n) is 18.2. The summed E-state index contributed by atoms with van der Waals surface area (Å²) in [5, 5.41) is 2.25. The Morgan fingerprint density at radius 2 is 0.750 bits per heavy atom. The highest BCUT2D eigenvalue weighted by Crippen LogP contribution is 2.32. The third-order valence-corrected chi connectivity index (χ3v) is 5.52. The van der Waals surface area contributed by atoms with Crippen molar-refractivity contribution in [2.75, 3.05) is 0 Å². The molecule has 156 valence electrons. The molecule has 0 radical (unpaired) electrons. The average molecular weight is 417 g/mol. The molecule has 6 aromatic rings. The molecule has 0 aliphatic rings. The van der Waals surface area contributed by atoms with E-state index in [1.165, 1.54) is 11.1 Å². The molecule has 2 aromatic heterocycles. The Bertz CT molecular complexity index is 1280. The van der Waals surface area contributed by atoms with Gasteiger partial charge in [-0.3, -0.25) is 0 Å². The summed E-state index contributed by atoms with van der Waals surface area (Å²) in [7, 11) is 0. The quantitative estimate of drug-likeness (QED) is 0.287. The Hall–Kier alpha value is -4.04. The second kappa shape index (κ2) is 8.60. The monoisotopic (exact) mass is 416 g/mol. The predicted molar refractivity (Wildman–Crippen MR) is 134 cm³/mol. The zero-order valence-corrected chi connectivity index (χ0v) is 18.2. The van der Waals surface area contributed by atoms with Gasteiger partial charge in [0.1, 0.15) is 22.7 Å². The fourth-order valence-corrected chi connectivity index (χ4v) is 3.90. The van der Waals surface area contributed by atoms with Crippen LogP contribution in [-0.4, -0.2) is 0 Å². The van der Waals surface area contributed by atoms with Gasteiger partial charge in [-0.1, -0.05) is 98.8 Å². The molecule has 0 atom stereocenters. The maximum absolute atomic E-state index is 5.98. The molecular formula is C30H24O2. The molecule has 0 unspecified atom stereocenters. The van der Waals surface area contributed by atoms with Crippen LogP contribution in [0.4, 0.5) is 0 Å². The molecule has 0 fully saturated rings. The Morgan fingerprint density at radius 1 is 0.406 bits per heavy atom. The number of hydrogen-bond donors (Lipinski definition) is 0. The minimum atomic E-state index is 0.892. The van der Waals surface area contributed by atoms with Crippen molar-refractivity contribution in [2.45, 2.75) is 13.8 Å². The molecule has 0 aliphatic heterocycles. The molecule has 0 saturated heterocycles. The smallest absolute Gasteiger partial charge is 0.135 e. The van der Waals surface area contributed by atoms with Crippen LogP contribution in [0.15, 0.2) is 118 Å². The Morgan fingerprint density at radius 3 is 1.12 bits per heavy atom. The van der Waals surface area contributed by atoms with Crippen LogP contribution in [-0.2, 0) is 0 Å². The fourth-order valence-electron chi connectivity index (χ4n) is 3.90. The average Bonchev–Trinajstić information content (AvgIpc) is 3.50. The second-order valence-electron chi connectivity index (χ2n) is 7.45. The van der Waals surface area contributed by atoms with E-state index in [1.807, 2.05) is 50.2 Å². The standard InChI is InChI=1S/C28H18O2.C2H6/c1-3-7-25-23(5-1)17-27(29-25)21-13-9-19(10-14-21)20-11-15-22(16-12-20)28-18-24-6-2-4-8-26(24)30-28;1-2/h1-18H;1-2H3. The van der Waals surface area contributed by atoms with Crippen molar-refractivity contribution in [3.8, 4) is 33.8 Å². The number of benzene rings is 4. The van der Waals surface area contributed by atoms with Gasteiger partial charge in [0.15, 0.2) is 0 Å². The summed E-state index contributed by atoms with van der Waals surface area (Å²) in [5.41, 5.74) is 6.33. The van der Waals surface area contributed by atoms with Gasteiger partial charge in [-0.05, 0) is 35.4 Å². The van der Waals surface area contributed by atoms with E-state index in [0.29, 0.717) is 0 Å². The van der Waals surface area contributed by atoms with Crippen LogP contribution in [0, 0.1) is 0 Å². The van der Waals surface area contributed by atoms with Gasteiger partial charge >= 0.3 is 0 Å². The molecule has 2 heteroatoms. The minimum Gasteiger partial charge on any atom is -0.456 e. The van der Waals surface area contributed by atoms with Crippen LogP contribution in [0.2, 0.25) is 0 Å². The normalized spacial score (nSPS) is 10.8. The van der Waals surface area contributed by atoms with E-state index >= 15 is 0 Å². The number of furan rings is 2. The predicted octanol–water partition coefficient (Wildman–Crippen LogP) is 9.21. The van der Waals surface area contributed by atoms with Gasteiger partial charge in [0.05, 0.1) is 0 Å². The molecule has 0 spiro atoms. The Balaban J connectivity index is 0.00000105. The van der Waals surface area contributed by atoms with E-state index in [0.717, 1.165) is 44.6 Å². The van der Waals surface area contributed by atoms with Gasteiger partial charge in [0.2, 0.25) is 0 Å². The van der Waals surface area contributed by atoms with Crippen LogP contribution in [0.25, 0.3) is 55.7 Å². The van der Waals surface area contributed by atoms with E-state index in [9.17, 15) is 0 Å². The molecule has 2 heterocycles. The highest BCUT2D eigenvalue weighted by molar-refractivity contribution is 5.84. The van der Waals surface area contributed by atoms with Gasteiger partial charge < -0.3 is 8.83 Å². The fraction of sp³-hybridized carbons (Fsp3) is 0.0667. The summed E-state index contributed by atoms with van der Waals surface area (Å²) in [6.07, 6.45) is 0. The molecule has 2 nitrogen and oxygen atoms in total. The summed E-state index contributed by atoms with van der Waals surface area (Å²) in [6.45, 7) is 4.00. The van der Waals surface area contributed by atoms with Crippen LogP contribution in [0.3, 0.4) is 0 Å². The topological polar surface area (TPSA) is 26.3 Å². The van der Waals surface area contributed by atoms with Crippen LogP contribution in [0.1, 0.15) is 13.8 Å². The molecule has 0 N–H and O–H groups in total. The molecule has 4 aromatic carbocycles. The van der Waals surface area contributed by atoms with Gasteiger partial charge in [0.25, 0.3) is 0 Å². The largest absolute Gasteiger partial charge is 0.456 e. The van der Waals surface area contributed by atoms with Crippen LogP contribution >= 0.6 is 0 Å². The van der Waals surface area contributed by atoms with Crippen molar-refractivity contribution < 1.29 is 8.83 Å². The van der Waals surface area contributed by atoms with Gasteiger partial charge in [-0.25, -0.2) is 0 Å². The van der Waals surface area contributed by atoms with Gasteiger partial charge in [-0.2, -0.15) is 0 Å². The molecule has 0 aliphatic carbocycles. The van der Waals surface area contributed by atoms with Crippen molar-refractivity contribution >= 4 is 21.9 Å². The zero-order chi connectivity index (χ0) is 21.9. The summed E-state index contributed by atoms with van der Waals surface area (Å²) >= 11 is 0. The van der Waals surface area contributed by atoms with Crippen LogP contribution in [0.5, 0.6) is 0 Å². The van der Waals surface area contributed by atoms with Crippen molar-refractivity contribution in [3.05, 3.63) is 109 Å². The summed E-state index contributed by atoms with van der Waals surface area (Å²) < 4.78 is 12.0. The molecule has 0 amide bonds. The first-order chi connectivity index (χ1) is 15.8. The first kappa shape index (κ1) is 19.9. The second-order valence-corrected chi connectivity index (χ2v) is 7.45. The van der Waals surface area contributed by atoms with Crippen molar-refractivity contribution in [1.82, 2.24) is 0 Å². The van der Waals surface area contributed by atoms with Crippen LogP contribution < -0.4 is 0 Å². The molecule has 32 heavy (non-hydrogen) atoms. The number of para-hydroxylation sites is 2. The summed E-state index contributed by atoms with van der Waals surface area (Å²) in [4.78, 5) is 0. The first-order valence-electron chi connectivity index (χ1n) is 11.0. The minimum absolute atomic E-state index is 0.892. The van der Waals surface area contributed by atoms with E-state index < -0.39 is 0 Å².